The van der Waals surface area contributed by atoms with Crippen LogP contribution in [0.3, 0.4) is 0 Å². The summed E-state index contributed by atoms with van der Waals surface area (Å²) in [5.41, 5.74) is 2.28. The van der Waals surface area contributed by atoms with Crippen LogP contribution in [0, 0.1) is 0 Å². The predicted octanol–water partition coefficient (Wildman–Crippen LogP) is 4.04. The Bertz CT molecular complexity index is 726. The lowest BCUT2D eigenvalue weighted by Crippen LogP contribution is -2.35. The van der Waals surface area contributed by atoms with Crippen molar-refractivity contribution in [1.29, 1.82) is 0 Å². The van der Waals surface area contributed by atoms with E-state index in [1.807, 2.05) is 41.3 Å². The Labute approximate surface area is 155 Å². The summed E-state index contributed by atoms with van der Waals surface area (Å²) >= 11 is 0. The average Bonchev–Trinajstić information content (AvgIpc) is 2.94. The highest BCUT2D eigenvalue weighted by molar-refractivity contribution is 5.79. The van der Waals surface area contributed by atoms with Crippen LogP contribution in [-0.2, 0) is 11.2 Å². The standard InChI is InChI=1S/C22H27NO3/c1-25-20-11-9-18(10-12-20)19-7-3-4-13-23(16-19)22(24)15-17-6-5-8-21(14-17)26-2/h5-6,8-12,14,19H,3-4,7,13,15-16H2,1-2H3. The third-order valence-corrected chi connectivity index (χ3v) is 5.10. The van der Waals surface area contributed by atoms with Gasteiger partial charge in [-0.25, -0.2) is 0 Å². The van der Waals surface area contributed by atoms with Gasteiger partial charge < -0.3 is 14.4 Å². The van der Waals surface area contributed by atoms with Crippen LogP contribution in [0.15, 0.2) is 48.5 Å². The van der Waals surface area contributed by atoms with Gasteiger partial charge in [0.2, 0.25) is 5.91 Å². The van der Waals surface area contributed by atoms with E-state index in [1.54, 1.807) is 14.2 Å². The van der Waals surface area contributed by atoms with Gasteiger partial charge in [-0.15, -0.1) is 0 Å². The lowest BCUT2D eigenvalue weighted by molar-refractivity contribution is -0.130. The van der Waals surface area contributed by atoms with Crippen LogP contribution in [0.1, 0.15) is 36.3 Å². The summed E-state index contributed by atoms with van der Waals surface area (Å²) in [6, 6.07) is 16.0. The number of methoxy groups -OCH3 is 2. The largest absolute Gasteiger partial charge is 0.497 e. The second-order valence-electron chi connectivity index (χ2n) is 6.83. The number of ether oxygens (including phenoxy) is 2. The summed E-state index contributed by atoms with van der Waals surface area (Å²) in [5, 5.41) is 0. The van der Waals surface area contributed by atoms with Crippen LogP contribution in [0.25, 0.3) is 0 Å². The monoisotopic (exact) mass is 353 g/mol. The maximum atomic E-state index is 12.9. The lowest BCUT2D eigenvalue weighted by atomic mass is 9.94. The molecule has 3 rings (SSSR count). The van der Waals surface area contributed by atoms with E-state index in [4.69, 9.17) is 9.47 Å². The lowest BCUT2D eigenvalue weighted by Gasteiger charge is -2.25. The molecule has 0 aromatic heterocycles. The number of amides is 1. The Morgan fingerprint density at radius 2 is 1.81 bits per heavy atom. The molecule has 2 aromatic rings. The molecule has 0 radical (unpaired) electrons. The van der Waals surface area contributed by atoms with Gasteiger partial charge in [0, 0.05) is 19.0 Å². The van der Waals surface area contributed by atoms with Gasteiger partial charge in [0.15, 0.2) is 0 Å². The molecule has 0 saturated carbocycles. The van der Waals surface area contributed by atoms with Gasteiger partial charge in [-0.2, -0.15) is 0 Å². The van der Waals surface area contributed by atoms with E-state index < -0.39 is 0 Å². The minimum absolute atomic E-state index is 0.193. The van der Waals surface area contributed by atoms with Gasteiger partial charge in [-0.05, 0) is 48.2 Å². The Balaban J connectivity index is 1.68. The molecular formula is C22H27NO3. The number of rotatable bonds is 5. The third-order valence-electron chi connectivity index (χ3n) is 5.10. The number of carbonyl (C=O) groups is 1. The van der Waals surface area contributed by atoms with Crippen molar-refractivity contribution >= 4 is 5.91 Å². The van der Waals surface area contributed by atoms with Crippen molar-refractivity contribution in [2.45, 2.75) is 31.6 Å². The molecule has 1 unspecified atom stereocenters. The molecule has 1 atom stereocenters. The highest BCUT2D eigenvalue weighted by Gasteiger charge is 2.23. The Morgan fingerprint density at radius 3 is 2.54 bits per heavy atom. The second-order valence-corrected chi connectivity index (χ2v) is 6.83. The summed E-state index contributed by atoms with van der Waals surface area (Å²) in [6.07, 6.45) is 3.76. The first-order chi connectivity index (χ1) is 12.7. The number of benzene rings is 2. The topological polar surface area (TPSA) is 38.8 Å². The molecule has 1 fully saturated rings. The van der Waals surface area contributed by atoms with E-state index in [9.17, 15) is 4.79 Å². The smallest absolute Gasteiger partial charge is 0.227 e. The van der Waals surface area contributed by atoms with Crippen molar-refractivity contribution in [1.82, 2.24) is 4.90 Å². The molecule has 1 amide bonds. The van der Waals surface area contributed by atoms with Crippen LogP contribution in [-0.4, -0.2) is 38.1 Å². The van der Waals surface area contributed by atoms with Crippen molar-refractivity contribution in [2.75, 3.05) is 27.3 Å². The maximum Gasteiger partial charge on any atom is 0.227 e. The molecule has 1 aliphatic heterocycles. The van der Waals surface area contributed by atoms with Gasteiger partial charge >= 0.3 is 0 Å². The van der Waals surface area contributed by atoms with Crippen molar-refractivity contribution in [3.8, 4) is 11.5 Å². The van der Waals surface area contributed by atoms with Crippen molar-refractivity contribution < 1.29 is 14.3 Å². The highest BCUT2D eigenvalue weighted by atomic mass is 16.5. The molecule has 0 spiro atoms. The fourth-order valence-electron chi connectivity index (χ4n) is 3.59. The first kappa shape index (κ1) is 18.3. The van der Waals surface area contributed by atoms with Gasteiger partial charge in [0.25, 0.3) is 0 Å². The fraction of sp³-hybridized carbons (Fsp3) is 0.409. The summed E-state index contributed by atoms with van der Waals surface area (Å²) in [7, 11) is 3.33. The van der Waals surface area contributed by atoms with Crippen LogP contribution >= 0.6 is 0 Å². The molecule has 4 heteroatoms. The SMILES string of the molecule is COc1ccc(C2CCCCN(C(=O)Cc3cccc(OC)c3)C2)cc1. The first-order valence-electron chi connectivity index (χ1n) is 9.24. The van der Waals surface area contributed by atoms with E-state index in [0.717, 1.165) is 49.4 Å². The number of carbonyl (C=O) groups excluding carboxylic acids is 1. The zero-order valence-electron chi connectivity index (χ0n) is 15.6. The maximum absolute atomic E-state index is 12.9. The summed E-state index contributed by atoms with van der Waals surface area (Å²) in [5.74, 6) is 2.24. The summed E-state index contributed by atoms with van der Waals surface area (Å²) in [4.78, 5) is 14.9. The molecule has 1 aliphatic rings. The summed E-state index contributed by atoms with van der Waals surface area (Å²) < 4.78 is 10.5. The van der Waals surface area contributed by atoms with Crippen LogP contribution in [0.4, 0.5) is 0 Å². The second kappa shape index (κ2) is 8.75. The number of nitrogens with zero attached hydrogens (tertiary/aromatic N) is 1. The van der Waals surface area contributed by atoms with Crippen molar-refractivity contribution in [3.63, 3.8) is 0 Å². The predicted molar refractivity (Wildman–Crippen MR) is 103 cm³/mol. The highest BCUT2D eigenvalue weighted by Crippen LogP contribution is 2.28. The van der Waals surface area contributed by atoms with E-state index >= 15 is 0 Å². The molecule has 1 saturated heterocycles. The van der Waals surface area contributed by atoms with Crippen LogP contribution in [0.5, 0.6) is 11.5 Å². The van der Waals surface area contributed by atoms with Gasteiger partial charge in [-0.3, -0.25) is 4.79 Å². The molecule has 0 aliphatic carbocycles. The van der Waals surface area contributed by atoms with E-state index in [2.05, 4.69) is 12.1 Å². The molecule has 4 nitrogen and oxygen atoms in total. The fourth-order valence-corrected chi connectivity index (χ4v) is 3.59. The van der Waals surface area contributed by atoms with E-state index in [0.29, 0.717) is 12.3 Å². The van der Waals surface area contributed by atoms with Crippen molar-refractivity contribution in [3.05, 3.63) is 59.7 Å². The van der Waals surface area contributed by atoms with E-state index in [1.165, 1.54) is 5.56 Å². The minimum atomic E-state index is 0.193. The zero-order valence-corrected chi connectivity index (χ0v) is 15.6. The number of likely N-dealkylation sites (tertiary alicyclic amines) is 1. The molecule has 0 N–H and O–H groups in total. The quantitative estimate of drug-likeness (QED) is 0.814. The first-order valence-corrected chi connectivity index (χ1v) is 9.24. The third kappa shape index (κ3) is 4.57. The van der Waals surface area contributed by atoms with Crippen LogP contribution < -0.4 is 9.47 Å². The molecule has 1 heterocycles. The summed E-state index contributed by atoms with van der Waals surface area (Å²) in [6.45, 7) is 1.63. The Kier molecular flexibility index (Phi) is 6.16. The van der Waals surface area contributed by atoms with Gasteiger partial charge in [-0.1, -0.05) is 30.7 Å². The number of hydrogen-bond donors (Lipinski definition) is 0. The normalized spacial score (nSPS) is 17.5. The molecule has 2 aromatic carbocycles. The molecule has 0 bridgehead atoms. The zero-order chi connectivity index (χ0) is 18.4. The molecule has 26 heavy (non-hydrogen) atoms. The molecule has 138 valence electrons. The van der Waals surface area contributed by atoms with Crippen LogP contribution in [0.2, 0.25) is 0 Å². The van der Waals surface area contributed by atoms with Gasteiger partial charge in [0.1, 0.15) is 11.5 Å². The Morgan fingerprint density at radius 1 is 1.04 bits per heavy atom. The van der Waals surface area contributed by atoms with E-state index in [-0.39, 0.29) is 5.91 Å². The van der Waals surface area contributed by atoms with Crippen molar-refractivity contribution in [2.24, 2.45) is 0 Å². The minimum Gasteiger partial charge on any atom is -0.497 e. The van der Waals surface area contributed by atoms with Gasteiger partial charge in [0.05, 0.1) is 20.6 Å². The Hall–Kier alpha value is -2.49. The molecular weight excluding hydrogens is 326 g/mol. The average molecular weight is 353 g/mol. The number of hydrogen-bond acceptors (Lipinski definition) is 3.